The first kappa shape index (κ1) is 11.6. The van der Waals surface area contributed by atoms with Crippen LogP contribution in [0.1, 0.15) is 20.3 Å². The monoisotopic (exact) mass is 232 g/mol. The SMILES string of the molecule is CCOC1=NC(=N)C2=CCC=CC2=C1OCC. The fourth-order valence-corrected chi connectivity index (χ4v) is 1.84. The highest BCUT2D eigenvalue weighted by Crippen LogP contribution is 2.28. The second-order valence-corrected chi connectivity index (χ2v) is 3.63. The lowest BCUT2D eigenvalue weighted by atomic mass is 9.95. The molecule has 1 heterocycles. The topological polar surface area (TPSA) is 54.7 Å². The molecular formula is C13H16N2O2. The van der Waals surface area contributed by atoms with Gasteiger partial charge < -0.3 is 9.47 Å². The summed E-state index contributed by atoms with van der Waals surface area (Å²) in [4.78, 5) is 4.15. The highest BCUT2D eigenvalue weighted by molar-refractivity contribution is 6.15. The molecule has 0 atom stereocenters. The van der Waals surface area contributed by atoms with Crippen LogP contribution in [-0.2, 0) is 9.47 Å². The van der Waals surface area contributed by atoms with E-state index in [1.165, 1.54) is 0 Å². The molecule has 0 aromatic carbocycles. The molecule has 0 saturated heterocycles. The number of allylic oxidation sites excluding steroid dienone is 3. The van der Waals surface area contributed by atoms with Crippen LogP contribution in [0, 0.1) is 5.41 Å². The normalized spacial score (nSPS) is 18.6. The maximum Gasteiger partial charge on any atom is 0.259 e. The minimum Gasteiger partial charge on any atom is -0.488 e. The van der Waals surface area contributed by atoms with Gasteiger partial charge in [0.05, 0.1) is 13.2 Å². The number of nitrogens with one attached hydrogen (secondary N) is 1. The maximum absolute atomic E-state index is 7.89. The summed E-state index contributed by atoms with van der Waals surface area (Å²) in [6.45, 7) is 4.88. The third kappa shape index (κ3) is 2.16. The van der Waals surface area contributed by atoms with Crippen molar-refractivity contribution in [2.24, 2.45) is 4.99 Å². The number of aliphatic imine (C=N–C) groups is 1. The van der Waals surface area contributed by atoms with Crippen molar-refractivity contribution in [3.05, 3.63) is 35.1 Å². The van der Waals surface area contributed by atoms with Gasteiger partial charge in [-0.2, -0.15) is 4.99 Å². The first-order valence-corrected chi connectivity index (χ1v) is 5.82. The van der Waals surface area contributed by atoms with Gasteiger partial charge in [-0.3, -0.25) is 5.41 Å². The molecular weight excluding hydrogens is 216 g/mol. The van der Waals surface area contributed by atoms with Crippen LogP contribution < -0.4 is 0 Å². The van der Waals surface area contributed by atoms with E-state index in [2.05, 4.69) is 4.99 Å². The summed E-state index contributed by atoms with van der Waals surface area (Å²) in [7, 11) is 0. The predicted octanol–water partition coefficient (Wildman–Crippen LogP) is 2.59. The van der Waals surface area contributed by atoms with E-state index < -0.39 is 0 Å². The van der Waals surface area contributed by atoms with Crippen molar-refractivity contribution in [3.63, 3.8) is 0 Å². The van der Waals surface area contributed by atoms with Gasteiger partial charge in [0, 0.05) is 11.1 Å². The standard InChI is InChI=1S/C13H16N2O2/c1-3-16-11-9-7-5-6-8-10(9)12(14)15-13(11)17-4-2/h5,7-8,14H,3-4,6H2,1-2H3. The van der Waals surface area contributed by atoms with Crippen molar-refractivity contribution in [1.82, 2.24) is 0 Å². The molecule has 0 amide bonds. The fraction of sp³-hybridized carbons (Fsp3) is 0.385. The molecule has 2 rings (SSSR count). The van der Waals surface area contributed by atoms with Crippen LogP contribution in [0.15, 0.2) is 40.1 Å². The van der Waals surface area contributed by atoms with Crippen LogP contribution in [0.3, 0.4) is 0 Å². The van der Waals surface area contributed by atoms with Crippen molar-refractivity contribution in [1.29, 1.82) is 5.41 Å². The number of ether oxygens (including phenoxy) is 2. The molecule has 0 aromatic rings. The first-order valence-electron chi connectivity index (χ1n) is 5.82. The number of hydrogen-bond acceptors (Lipinski definition) is 3. The summed E-state index contributed by atoms with van der Waals surface area (Å²) in [5.41, 5.74) is 1.74. The Morgan fingerprint density at radius 3 is 2.76 bits per heavy atom. The van der Waals surface area contributed by atoms with Crippen molar-refractivity contribution in [3.8, 4) is 0 Å². The van der Waals surface area contributed by atoms with Gasteiger partial charge in [-0.25, -0.2) is 0 Å². The van der Waals surface area contributed by atoms with Crippen LogP contribution in [0.4, 0.5) is 0 Å². The number of fused-ring (bicyclic) bond motifs is 1. The van der Waals surface area contributed by atoms with Crippen LogP contribution in [0.2, 0.25) is 0 Å². The highest BCUT2D eigenvalue weighted by atomic mass is 16.5. The van der Waals surface area contributed by atoms with Gasteiger partial charge in [0.1, 0.15) is 0 Å². The lowest BCUT2D eigenvalue weighted by molar-refractivity contribution is 0.221. The summed E-state index contributed by atoms with van der Waals surface area (Å²) in [5.74, 6) is 1.31. The molecule has 0 spiro atoms. The Morgan fingerprint density at radius 2 is 2.06 bits per heavy atom. The van der Waals surface area contributed by atoms with Crippen LogP contribution >= 0.6 is 0 Å². The number of amidine groups is 1. The van der Waals surface area contributed by atoms with E-state index in [1.807, 2.05) is 32.1 Å². The van der Waals surface area contributed by atoms with Gasteiger partial charge in [0.15, 0.2) is 11.6 Å². The Kier molecular flexibility index (Phi) is 3.42. The van der Waals surface area contributed by atoms with Gasteiger partial charge >= 0.3 is 0 Å². The van der Waals surface area contributed by atoms with Crippen molar-refractivity contribution < 1.29 is 9.47 Å². The number of rotatable bonds is 3. The molecule has 1 N–H and O–H groups in total. The third-order valence-corrected chi connectivity index (χ3v) is 2.51. The van der Waals surface area contributed by atoms with Gasteiger partial charge in [0.2, 0.25) is 0 Å². The van der Waals surface area contributed by atoms with E-state index in [0.29, 0.717) is 24.9 Å². The molecule has 0 bridgehead atoms. The van der Waals surface area contributed by atoms with Crippen LogP contribution in [0.5, 0.6) is 0 Å². The predicted molar refractivity (Wildman–Crippen MR) is 67.3 cm³/mol. The van der Waals surface area contributed by atoms with Gasteiger partial charge in [0.25, 0.3) is 5.90 Å². The van der Waals surface area contributed by atoms with Crippen LogP contribution in [0.25, 0.3) is 0 Å². The molecule has 1 aliphatic carbocycles. The molecule has 0 fully saturated rings. The van der Waals surface area contributed by atoms with Crippen molar-refractivity contribution >= 4 is 11.7 Å². The molecule has 0 radical (unpaired) electrons. The molecule has 0 unspecified atom stereocenters. The summed E-state index contributed by atoms with van der Waals surface area (Å²) in [5, 5.41) is 7.89. The second-order valence-electron chi connectivity index (χ2n) is 3.63. The van der Waals surface area contributed by atoms with E-state index in [-0.39, 0.29) is 5.84 Å². The van der Waals surface area contributed by atoms with E-state index in [0.717, 1.165) is 17.6 Å². The van der Waals surface area contributed by atoms with Crippen LogP contribution in [-0.4, -0.2) is 24.9 Å². The number of dihydropyridines is 1. The minimum absolute atomic E-state index is 0.247. The number of nitrogens with zero attached hydrogens (tertiary/aromatic N) is 1. The van der Waals surface area contributed by atoms with E-state index in [9.17, 15) is 0 Å². The van der Waals surface area contributed by atoms with Gasteiger partial charge in [-0.05, 0) is 20.3 Å². The lowest BCUT2D eigenvalue weighted by Crippen LogP contribution is -2.22. The quantitative estimate of drug-likeness (QED) is 0.813. The average molecular weight is 232 g/mol. The molecule has 4 nitrogen and oxygen atoms in total. The summed E-state index contributed by atoms with van der Waals surface area (Å²) in [6, 6.07) is 0. The number of hydrogen-bond donors (Lipinski definition) is 1. The smallest absolute Gasteiger partial charge is 0.259 e. The molecule has 1 aliphatic heterocycles. The lowest BCUT2D eigenvalue weighted by Gasteiger charge is -2.22. The molecule has 4 heteroatoms. The Morgan fingerprint density at radius 1 is 1.29 bits per heavy atom. The molecule has 90 valence electrons. The maximum atomic E-state index is 7.89. The molecule has 17 heavy (non-hydrogen) atoms. The Labute approximate surface area is 101 Å². The largest absolute Gasteiger partial charge is 0.488 e. The Bertz CT molecular complexity index is 456. The molecule has 0 aromatic heterocycles. The van der Waals surface area contributed by atoms with Crippen molar-refractivity contribution in [2.45, 2.75) is 20.3 Å². The van der Waals surface area contributed by atoms with Gasteiger partial charge in [-0.15, -0.1) is 0 Å². The Hall–Kier alpha value is -1.84. The van der Waals surface area contributed by atoms with Crippen molar-refractivity contribution in [2.75, 3.05) is 13.2 Å². The zero-order chi connectivity index (χ0) is 12.3. The summed E-state index contributed by atoms with van der Waals surface area (Å²) in [6.07, 6.45) is 6.84. The summed E-state index contributed by atoms with van der Waals surface area (Å²) < 4.78 is 11.0. The highest BCUT2D eigenvalue weighted by Gasteiger charge is 2.26. The average Bonchev–Trinajstić information content (AvgIpc) is 2.34. The summed E-state index contributed by atoms with van der Waals surface area (Å²) >= 11 is 0. The zero-order valence-corrected chi connectivity index (χ0v) is 10.1. The Balaban J connectivity index is 2.45. The van der Waals surface area contributed by atoms with E-state index in [1.54, 1.807) is 0 Å². The van der Waals surface area contributed by atoms with E-state index >= 15 is 0 Å². The van der Waals surface area contributed by atoms with E-state index in [4.69, 9.17) is 14.9 Å². The second kappa shape index (κ2) is 4.99. The molecule has 0 saturated carbocycles. The minimum atomic E-state index is 0.247. The third-order valence-electron chi connectivity index (χ3n) is 2.51. The molecule has 2 aliphatic rings. The van der Waals surface area contributed by atoms with Gasteiger partial charge in [-0.1, -0.05) is 18.2 Å². The first-order chi connectivity index (χ1) is 8.27. The zero-order valence-electron chi connectivity index (χ0n) is 10.1. The fourth-order valence-electron chi connectivity index (χ4n) is 1.84.